The minimum atomic E-state index is -4.52. The number of halogens is 3. The van der Waals surface area contributed by atoms with Crippen molar-refractivity contribution in [1.82, 2.24) is 14.7 Å². The van der Waals surface area contributed by atoms with Gasteiger partial charge in [-0.15, -0.1) is 0 Å². The van der Waals surface area contributed by atoms with Crippen molar-refractivity contribution in [2.24, 2.45) is 0 Å². The zero-order chi connectivity index (χ0) is 16.8. The van der Waals surface area contributed by atoms with Gasteiger partial charge in [-0.05, 0) is 31.3 Å². The summed E-state index contributed by atoms with van der Waals surface area (Å²) in [4.78, 5) is 12.7. The van der Waals surface area contributed by atoms with Crippen LogP contribution >= 0.6 is 0 Å². The third kappa shape index (κ3) is 2.81. The highest BCUT2D eigenvalue weighted by Gasteiger charge is 2.40. The van der Waals surface area contributed by atoms with E-state index in [4.69, 9.17) is 5.11 Å². The molecule has 0 spiro atoms. The summed E-state index contributed by atoms with van der Waals surface area (Å²) < 4.78 is 41.0. The van der Waals surface area contributed by atoms with Crippen LogP contribution in [0, 0.1) is 0 Å². The van der Waals surface area contributed by atoms with E-state index < -0.39 is 17.8 Å². The third-order valence-electron chi connectivity index (χ3n) is 3.88. The fourth-order valence-corrected chi connectivity index (χ4v) is 2.74. The van der Waals surface area contributed by atoms with Crippen LogP contribution in [0.4, 0.5) is 13.2 Å². The number of aromatic carboxylic acids is 1. The largest absolute Gasteiger partial charge is 0.478 e. The summed E-state index contributed by atoms with van der Waals surface area (Å²) in [7, 11) is 1.77. The van der Waals surface area contributed by atoms with Gasteiger partial charge >= 0.3 is 12.1 Å². The number of hydrogen-bond donors (Lipinski definition) is 1. The molecule has 2 aromatic rings. The summed E-state index contributed by atoms with van der Waals surface area (Å²) in [6, 6.07) is 5.65. The molecule has 1 N–H and O–H groups in total. The topological polar surface area (TPSA) is 58.4 Å². The molecule has 0 aliphatic carbocycles. The van der Waals surface area contributed by atoms with Gasteiger partial charge in [0.2, 0.25) is 0 Å². The molecule has 0 radical (unpaired) electrons. The Kier molecular flexibility index (Phi) is 3.63. The summed E-state index contributed by atoms with van der Waals surface area (Å²) in [6.07, 6.45) is -4.07. The molecule has 0 amide bonds. The van der Waals surface area contributed by atoms with Crippen molar-refractivity contribution in [3.05, 3.63) is 46.8 Å². The zero-order valence-electron chi connectivity index (χ0n) is 12.3. The Morgan fingerprint density at radius 3 is 2.48 bits per heavy atom. The maximum atomic E-state index is 13.2. The first kappa shape index (κ1) is 15.5. The smallest absolute Gasteiger partial charge is 0.435 e. The zero-order valence-corrected chi connectivity index (χ0v) is 12.3. The predicted octanol–water partition coefficient (Wildman–Crippen LogP) is 2.58. The highest BCUT2D eigenvalue weighted by atomic mass is 19.4. The lowest BCUT2D eigenvalue weighted by atomic mass is 10.1. The molecule has 0 atom stereocenters. The van der Waals surface area contributed by atoms with Crippen LogP contribution in [-0.4, -0.2) is 39.3 Å². The van der Waals surface area contributed by atoms with Crippen molar-refractivity contribution in [2.45, 2.75) is 19.1 Å². The van der Waals surface area contributed by atoms with Gasteiger partial charge in [-0.25, -0.2) is 9.48 Å². The van der Waals surface area contributed by atoms with Gasteiger partial charge < -0.3 is 10.0 Å². The fourth-order valence-electron chi connectivity index (χ4n) is 2.74. The van der Waals surface area contributed by atoms with Crippen molar-refractivity contribution in [3.63, 3.8) is 0 Å². The molecule has 1 aromatic carbocycles. The average Bonchev–Trinajstić information content (AvgIpc) is 2.86. The summed E-state index contributed by atoms with van der Waals surface area (Å²) >= 11 is 0. The van der Waals surface area contributed by atoms with Crippen LogP contribution in [0.15, 0.2) is 24.3 Å². The number of alkyl halides is 3. The van der Waals surface area contributed by atoms with E-state index in [1.165, 1.54) is 28.9 Å². The SMILES string of the molecule is CN1CCc2c(c(C(F)(F)F)nn2-c2ccc(C(=O)O)cc2)C1. The van der Waals surface area contributed by atoms with E-state index in [0.29, 0.717) is 24.3 Å². The van der Waals surface area contributed by atoms with Crippen molar-refractivity contribution in [1.29, 1.82) is 0 Å². The molecule has 5 nitrogen and oxygen atoms in total. The van der Waals surface area contributed by atoms with Crippen LogP contribution < -0.4 is 0 Å². The molecule has 1 aliphatic heterocycles. The number of benzene rings is 1. The van der Waals surface area contributed by atoms with E-state index in [-0.39, 0.29) is 17.7 Å². The van der Waals surface area contributed by atoms with Gasteiger partial charge in [-0.3, -0.25) is 0 Å². The highest BCUT2D eigenvalue weighted by Crippen LogP contribution is 2.35. The second-order valence-electron chi connectivity index (χ2n) is 5.52. The third-order valence-corrected chi connectivity index (χ3v) is 3.88. The minimum Gasteiger partial charge on any atom is -0.478 e. The minimum absolute atomic E-state index is 0.0746. The van der Waals surface area contributed by atoms with E-state index in [2.05, 4.69) is 5.10 Å². The molecular weight excluding hydrogens is 311 g/mol. The Morgan fingerprint density at radius 1 is 1.26 bits per heavy atom. The predicted molar refractivity (Wildman–Crippen MR) is 75.6 cm³/mol. The van der Waals surface area contributed by atoms with Gasteiger partial charge in [0.25, 0.3) is 0 Å². The van der Waals surface area contributed by atoms with Gasteiger partial charge in [-0.1, -0.05) is 0 Å². The molecule has 8 heteroatoms. The molecule has 0 saturated carbocycles. The average molecular weight is 325 g/mol. The van der Waals surface area contributed by atoms with Gasteiger partial charge in [-0.2, -0.15) is 18.3 Å². The second kappa shape index (κ2) is 5.38. The molecule has 1 aliphatic rings. The van der Waals surface area contributed by atoms with E-state index in [9.17, 15) is 18.0 Å². The lowest BCUT2D eigenvalue weighted by Crippen LogP contribution is -2.28. The van der Waals surface area contributed by atoms with Gasteiger partial charge in [0.1, 0.15) is 0 Å². The quantitative estimate of drug-likeness (QED) is 0.922. The first-order chi connectivity index (χ1) is 10.8. The Hall–Kier alpha value is -2.35. The number of carbonyl (C=O) groups is 1. The summed E-state index contributed by atoms with van der Waals surface area (Å²) in [5.74, 6) is -1.09. The standard InChI is InChI=1S/C15H14F3N3O2/c1-20-7-6-12-11(8-20)13(15(16,17)18)19-21(12)10-4-2-9(3-5-10)14(22)23/h2-5H,6-8H2,1H3,(H,22,23). The Bertz CT molecular complexity index is 751. The summed E-state index contributed by atoms with van der Waals surface area (Å²) in [5.41, 5.74) is 0.338. The van der Waals surface area contributed by atoms with Crippen molar-refractivity contribution in [2.75, 3.05) is 13.6 Å². The number of rotatable bonds is 2. The van der Waals surface area contributed by atoms with E-state index in [1.807, 2.05) is 4.90 Å². The normalized spacial score (nSPS) is 15.5. The molecule has 0 fully saturated rings. The lowest BCUT2D eigenvalue weighted by molar-refractivity contribution is -0.142. The van der Waals surface area contributed by atoms with Crippen molar-refractivity contribution >= 4 is 5.97 Å². The maximum absolute atomic E-state index is 13.2. The monoisotopic (exact) mass is 325 g/mol. The number of fused-ring (bicyclic) bond motifs is 1. The van der Waals surface area contributed by atoms with E-state index in [0.717, 1.165) is 0 Å². The number of likely N-dealkylation sites (N-methyl/N-ethyl adjacent to an activating group) is 1. The van der Waals surface area contributed by atoms with Crippen LogP contribution in [0.2, 0.25) is 0 Å². The summed E-state index contributed by atoms with van der Waals surface area (Å²) in [6.45, 7) is 0.834. The molecule has 0 unspecified atom stereocenters. The van der Waals surface area contributed by atoms with Gasteiger partial charge in [0.15, 0.2) is 5.69 Å². The molecule has 122 valence electrons. The van der Waals surface area contributed by atoms with E-state index in [1.54, 1.807) is 7.05 Å². The first-order valence-corrected chi connectivity index (χ1v) is 6.97. The number of nitrogens with zero attached hydrogens (tertiary/aromatic N) is 3. The highest BCUT2D eigenvalue weighted by molar-refractivity contribution is 5.87. The molecule has 0 bridgehead atoms. The molecule has 1 aromatic heterocycles. The van der Waals surface area contributed by atoms with Crippen LogP contribution in [-0.2, 0) is 19.1 Å². The molecule has 0 saturated heterocycles. The molecule has 3 rings (SSSR count). The van der Waals surface area contributed by atoms with Crippen LogP contribution in [0.1, 0.15) is 27.3 Å². The summed E-state index contributed by atoms with van der Waals surface area (Å²) in [5, 5.41) is 12.7. The van der Waals surface area contributed by atoms with Crippen LogP contribution in [0.25, 0.3) is 5.69 Å². The lowest BCUT2D eigenvalue weighted by Gasteiger charge is -2.23. The number of hydrogen-bond acceptors (Lipinski definition) is 3. The Morgan fingerprint density at radius 2 is 1.91 bits per heavy atom. The fraction of sp³-hybridized carbons (Fsp3) is 0.333. The number of carboxylic acids is 1. The molecule has 2 heterocycles. The van der Waals surface area contributed by atoms with Gasteiger partial charge in [0.05, 0.1) is 16.9 Å². The molecular formula is C15H14F3N3O2. The van der Waals surface area contributed by atoms with Crippen LogP contribution in [0.5, 0.6) is 0 Å². The number of aromatic nitrogens is 2. The van der Waals surface area contributed by atoms with Crippen molar-refractivity contribution in [3.8, 4) is 5.69 Å². The Labute approximate surface area is 129 Å². The number of carboxylic acid groups (broad SMARTS) is 1. The maximum Gasteiger partial charge on any atom is 0.435 e. The van der Waals surface area contributed by atoms with Crippen LogP contribution in [0.3, 0.4) is 0 Å². The van der Waals surface area contributed by atoms with Crippen molar-refractivity contribution < 1.29 is 23.1 Å². The Balaban J connectivity index is 2.11. The first-order valence-electron chi connectivity index (χ1n) is 6.97. The van der Waals surface area contributed by atoms with Gasteiger partial charge in [0, 0.05) is 25.1 Å². The second-order valence-corrected chi connectivity index (χ2v) is 5.52. The molecule has 23 heavy (non-hydrogen) atoms. The van der Waals surface area contributed by atoms with E-state index >= 15 is 0 Å².